The van der Waals surface area contributed by atoms with Crippen molar-refractivity contribution in [2.75, 3.05) is 13.1 Å². The Morgan fingerprint density at radius 3 is 2.87 bits per heavy atom. The first-order valence-corrected chi connectivity index (χ1v) is 6.58. The minimum atomic E-state index is 0.282. The summed E-state index contributed by atoms with van der Waals surface area (Å²) in [6, 6.07) is 0.282. The van der Waals surface area contributed by atoms with Crippen LogP contribution in [0, 0.1) is 5.92 Å². The van der Waals surface area contributed by atoms with Crippen molar-refractivity contribution in [3.05, 3.63) is 0 Å². The number of carbonyl (C=O) groups is 1. The highest BCUT2D eigenvalue weighted by Crippen LogP contribution is 2.26. The van der Waals surface area contributed by atoms with Gasteiger partial charge in [0.2, 0.25) is 0 Å². The summed E-state index contributed by atoms with van der Waals surface area (Å²) in [4.78, 5) is 14.4. The molecule has 2 nitrogen and oxygen atoms in total. The average molecular weight is 209 g/mol. The van der Waals surface area contributed by atoms with Gasteiger partial charge in [0.25, 0.3) is 0 Å². The molecule has 2 rings (SSSR count). The van der Waals surface area contributed by atoms with E-state index in [-0.39, 0.29) is 6.04 Å². The van der Waals surface area contributed by atoms with E-state index in [0.717, 1.165) is 31.7 Å². The molecular weight excluding hydrogens is 186 g/mol. The molecule has 0 radical (unpaired) electrons. The average Bonchev–Trinajstić information content (AvgIpc) is 2.62. The second-order valence-corrected chi connectivity index (χ2v) is 5.14. The summed E-state index contributed by atoms with van der Waals surface area (Å²) in [5.74, 6) is 1.37. The highest BCUT2D eigenvalue weighted by atomic mass is 16.1. The normalized spacial score (nSPS) is 34.3. The zero-order valence-electron chi connectivity index (χ0n) is 9.87. The Bertz CT molecular complexity index is 227. The molecule has 15 heavy (non-hydrogen) atoms. The van der Waals surface area contributed by atoms with Crippen LogP contribution in [-0.2, 0) is 4.79 Å². The van der Waals surface area contributed by atoms with E-state index < -0.39 is 0 Å². The molecule has 1 saturated heterocycles. The fraction of sp³-hybridized carbons (Fsp3) is 0.923. The van der Waals surface area contributed by atoms with Crippen LogP contribution in [0.4, 0.5) is 0 Å². The van der Waals surface area contributed by atoms with Gasteiger partial charge < -0.3 is 0 Å². The lowest BCUT2D eigenvalue weighted by atomic mass is 10.1. The lowest BCUT2D eigenvalue weighted by Gasteiger charge is -2.25. The van der Waals surface area contributed by atoms with Crippen molar-refractivity contribution in [3.63, 3.8) is 0 Å². The summed E-state index contributed by atoms with van der Waals surface area (Å²) in [5, 5.41) is 0. The first-order valence-electron chi connectivity index (χ1n) is 6.58. The summed E-state index contributed by atoms with van der Waals surface area (Å²) in [6.45, 7) is 4.60. The van der Waals surface area contributed by atoms with E-state index in [1.54, 1.807) is 0 Å². The molecule has 0 aromatic carbocycles. The summed E-state index contributed by atoms with van der Waals surface area (Å²) in [7, 11) is 0. The second kappa shape index (κ2) is 5.11. The third-order valence-electron chi connectivity index (χ3n) is 4.11. The van der Waals surface area contributed by atoms with Crippen LogP contribution in [0.5, 0.6) is 0 Å². The maximum atomic E-state index is 12.0. The van der Waals surface area contributed by atoms with Gasteiger partial charge in [0, 0.05) is 13.0 Å². The van der Waals surface area contributed by atoms with Crippen LogP contribution in [0.15, 0.2) is 0 Å². The highest BCUT2D eigenvalue weighted by Gasteiger charge is 2.31. The number of likely N-dealkylation sites (tertiary alicyclic amines) is 1. The molecule has 2 heteroatoms. The molecule has 1 saturated carbocycles. The molecule has 0 aromatic rings. The Morgan fingerprint density at radius 1 is 1.27 bits per heavy atom. The molecule has 86 valence electrons. The van der Waals surface area contributed by atoms with Gasteiger partial charge in [-0.15, -0.1) is 0 Å². The minimum Gasteiger partial charge on any atom is -0.298 e. The zero-order valence-corrected chi connectivity index (χ0v) is 9.87. The summed E-state index contributed by atoms with van der Waals surface area (Å²) in [6.07, 6.45) is 8.17. The van der Waals surface area contributed by atoms with Crippen LogP contribution in [0.3, 0.4) is 0 Å². The lowest BCUT2D eigenvalue weighted by Crippen LogP contribution is -2.39. The largest absolute Gasteiger partial charge is 0.298 e. The topological polar surface area (TPSA) is 20.3 Å². The molecule has 1 heterocycles. The van der Waals surface area contributed by atoms with E-state index in [2.05, 4.69) is 11.8 Å². The third kappa shape index (κ3) is 2.60. The van der Waals surface area contributed by atoms with Crippen LogP contribution < -0.4 is 0 Å². The van der Waals surface area contributed by atoms with E-state index in [1.807, 2.05) is 0 Å². The van der Waals surface area contributed by atoms with Crippen molar-refractivity contribution in [2.24, 2.45) is 5.92 Å². The molecule has 0 spiro atoms. The Kier molecular flexibility index (Phi) is 3.79. The van der Waals surface area contributed by atoms with Gasteiger partial charge in [-0.1, -0.05) is 26.2 Å². The minimum absolute atomic E-state index is 0.282. The van der Waals surface area contributed by atoms with Gasteiger partial charge in [-0.3, -0.25) is 9.69 Å². The van der Waals surface area contributed by atoms with Crippen molar-refractivity contribution in [3.8, 4) is 0 Å². The number of rotatable bonds is 2. The molecular formula is C13H23NO. The van der Waals surface area contributed by atoms with Gasteiger partial charge >= 0.3 is 0 Å². The summed E-state index contributed by atoms with van der Waals surface area (Å²) in [5.41, 5.74) is 0. The SMILES string of the molecule is CCC1CCN(C2CCCCCC2=O)C1. The van der Waals surface area contributed by atoms with Crippen LogP contribution >= 0.6 is 0 Å². The number of carbonyl (C=O) groups excluding carboxylic acids is 1. The second-order valence-electron chi connectivity index (χ2n) is 5.14. The lowest BCUT2D eigenvalue weighted by molar-refractivity contribution is -0.123. The summed E-state index contributed by atoms with van der Waals surface area (Å²) >= 11 is 0. The van der Waals surface area contributed by atoms with Crippen molar-refractivity contribution in [2.45, 2.75) is 57.9 Å². The third-order valence-corrected chi connectivity index (χ3v) is 4.11. The van der Waals surface area contributed by atoms with Gasteiger partial charge in [0.15, 0.2) is 0 Å². The summed E-state index contributed by atoms with van der Waals surface area (Å²) < 4.78 is 0. The molecule has 2 fully saturated rings. The van der Waals surface area contributed by atoms with E-state index in [1.165, 1.54) is 32.2 Å². The number of ketones is 1. The smallest absolute Gasteiger partial charge is 0.149 e. The van der Waals surface area contributed by atoms with Gasteiger partial charge in [-0.05, 0) is 31.7 Å². The Balaban J connectivity index is 1.93. The Morgan fingerprint density at radius 2 is 2.13 bits per heavy atom. The Labute approximate surface area is 93.0 Å². The molecule has 0 bridgehead atoms. The van der Waals surface area contributed by atoms with Crippen molar-refractivity contribution in [1.29, 1.82) is 0 Å². The maximum absolute atomic E-state index is 12.0. The number of hydrogen-bond acceptors (Lipinski definition) is 2. The van der Waals surface area contributed by atoms with Crippen LogP contribution in [-0.4, -0.2) is 29.8 Å². The number of Topliss-reactive ketones (excluding diaryl/α,β-unsaturated/α-hetero) is 1. The molecule has 2 unspecified atom stereocenters. The standard InChI is InChI=1S/C13H23NO/c1-2-11-8-9-14(10-11)12-6-4-3-5-7-13(12)15/h11-12H,2-10H2,1H3. The molecule has 0 N–H and O–H groups in total. The van der Waals surface area contributed by atoms with Gasteiger partial charge in [0.05, 0.1) is 6.04 Å². The fourth-order valence-corrected chi connectivity index (χ4v) is 3.01. The molecule has 1 aliphatic carbocycles. The van der Waals surface area contributed by atoms with Crippen LogP contribution in [0.2, 0.25) is 0 Å². The highest BCUT2D eigenvalue weighted by molar-refractivity contribution is 5.84. The zero-order chi connectivity index (χ0) is 10.7. The van der Waals surface area contributed by atoms with E-state index in [9.17, 15) is 4.79 Å². The molecule has 0 amide bonds. The van der Waals surface area contributed by atoms with E-state index in [4.69, 9.17) is 0 Å². The first kappa shape index (κ1) is 11.1. The predicted octanol–water partition coefficient (Wildman–Crippen LogP) is 2.62. The quantitative estimate of drug-likeness (QED) is 0.652. The fourth-order valence-electron chi connectivity index (χ4n) is 3.01. The van der Waals surface area contributed by atoms with Crippen LogP contribution in [0.1, 0.15) is 51.9 Å². The Hall–Kier alpha value is -0.370. The molecule has 2 aliphatic rings. The van der Waals surface area contributed by atoms with Gasteiger partial charge in [-0.25, -0.2) is 0 Å². The number of hydrogen-bond donors (Lipinski definition) is 0. The van der Waals surface area contributed by atoms with Crippen molar-refractivity contribution in [1.82, 2.24) is 4.90 Å². The van der Waals surface area contributed by atoms with E-state index in [0.29, 0.717) is 5.78 Å². The van der Waals surface area contributed by atoms with Crippen LogP contribution in [0.25, 0.3) is 0 Å². The van der Waals surface area contributed by atoms with Crippen molar-refractivity contribution >= 4 is 5.78 Å². The monoisotopic (exact) mass is 209 g/mol. The van der Waals surface area contributed by atoms with Gasteiger partial charge in [0.1, 0.15) is 5.78 Å². The van der Waals surface area contributed by atoms with Crippen molar-refractivity contribution < 1.29 is 4.79 Å². The molecule has 0 aromatic heterocycles. The first-order chi connectivity index (χ1) is 7.31. The maximum Gasteiger partial charge on any atom is 0.149 e. The van der Waals surface area contributed by atoms with Gasteiger partial charge in [-0.2, -0.15) is 0 Å². The van der Waals surface area contributed by atoms with E-state index >= 15 is 0 Å². The molecule has 1 aliphatic heterocycles. The number of nitrogens with zero attached hydrogens (tertiary/aromatic N) is 1. The molecule has 2 atom stereocenters. The predicted molar refractivity (Wildman–Crippen MR) is 61.9 cm³/mol.